The maximum Gasteiger partial charge on any atom is 0.223 e. The van der Waals surface area contributed by atoms with Crippen molar-refractivity contribution in [3.8, 4) is 0 Å². The molecule has 1 aliphatic carbocycles. The number of benzene rings is 1. The van der Waals surface area contributed by atoms with E-state index >= 15 is 0 Å². The SMILES string of the molecule is CC(C)(CCO)CNC(=O)C1CC1c1cc(F)ccc1F. The van der Waals surface area contributed by atoms with Gasteiger partial charge >= 0.3 is 0 Å². The topological polar surface area (TPSA) is 49.3 Å². The van der Waals surface area contributed by atoms with Crippen molar-refractivity contribution in [2.75, 3.05) is 13.2 Å². The molecule has 0 aliphatic heterocycles. The van der Waals surface area contributed by atoms with E-state index < -0.39 is 11.6 Å². The monoisotopic (exact) mass is 297 g/mol. The number of carbonyl (C=O) groups is 1. The molecule has 1 aromatic carbocycles. The summed E-state index contributed by atoms with van der Waals surface area (Å²) in [5, 5.41) is 11.8. The van der Waals surface area contributed by atoms with Crippen LogP contribution in [0.4, 0.5) is 8.78 Å². The van der Waals surface area contributed by atoms with Crippen molar-refractivity contribution in [2.45, 2.75) is 32.6 Å². The Morgan fingerprint density at radius 3 is 2.81 bits per heavy atom. The van der Waals surface area contributed by atoms with Gasteiger partial charge in [0, 0.05) is 19.1 Å². The first-order valence-electron chi connectivity index (χ1n) is 7.17. The smallest absolute Gasteiger partial charge is 0.223 e. The maximum absolute atomic E-state index is 13.6. The van der Waals surface area contributed by atoms with E-state index in [9.17, 15) is 13.6 Å². The lowest BCUT2D eigenvalue weighted by molar-refractivity contribution is -0.122. The summed E-state index contributed by atoms with van der Waals surface area (Å²) in [6.45, 7) is 4.45. The van der Waals surface area contributed by atoms with E-state index in [1.807, 2.05) is 13.8 Å². The molecule has 0 saturated heterocycles. The summed E-state index contributed by atoms with van der Waals surface area (Å²) in [5.74, 6) is -1.60. The van der Waals surface area contributed by atoms with Crippen LogP contribution in [0.15, 0.2) is 18.2 Å². The zero-order valence-electron chi connectivity index (χ0n) is 12.3. The van der Waals surface area contributed by atoms with E-state index in [1.165, 1.54) is 6.07 Å². The third kappa shape index (κ3) is 4.00. The average Bonchev–Trinajstić information content (AvgIpc) is 3.19. The van der Waals surface area contributed by atoms with Crippen LogP contribution < -0.4 is 5.32 Å². The standard InChI is InChI=1S/C16H21F2NO2/c1-16(2,5-6-20)9-19-15(21)13-8-11(13)12-7-10(17)3-4-14(12)18/h3-4,7,11,13,20H,5-6,8-9H2,1-2H3,(H,19,21). The first-order valence-corrected chi connectivity index (χ1v) is 7.17. The second-order valence-corrected chi connectivity index (χ2v) is 6.47. The normalized spacial score (nSPS) is 21.2. The molecule has 0 aromatic heterocycles. The Morgan fingerprint density at radius 1 is 1.43 bits per heavy atom. The summed E-state index contributed by atoms with van der Waals surface area (Å²) in [6, 6.07) is 3.35. The first kappa shape index (κ1) is 15.9. The van der Waals surface area contributed by atoms with Crippen molar-refractivity contribution in [3.05, 3.63) is 35.4 Å². The summed E-state index contributed by atoms with van der Waals surface area (Å²) in [6.07, 6.45) is 1.15. The van der Waals surface area contributed by atoms with Crippen molar-refractivity contribution < 1.29 is 18.7 Å². The van der Waals surface area contributed by atoms with Crippen molar-refractivity contribution in [2.24, 2.45) is 11.3 Å². The maximum atomic E-state index is 13.6. The number of carbonyl (C=O) groups excluding carboxylic acids is 1. The van der Waals surface area contributed by atoms with Gasteiger partial charge in [-0.15, -0.1) is 0 Å². The molecule has 1 saturated carbocycles. The van der Waals surface area contributed by atoms with Gasteiger partial charge in [0.25, 0.3) is 0 Å². The number of hydrogen-bond acceptors (Lipinski definition) is 2. The third-order valence-corrected chi connectivity index (χ3v) is 4.01. The molecule has 5 heteroatoms. The number of halogens is 2. The lowest BCUT2D eigenvalue weighted by Gasteiger charge is -2.23. The molecule has 0 spiro atoms. The lowest BCUT2D eigenvalue weighted by atomic mass is 9.89. The summed E-state index contributed by atoms with van der Waals surface area (Å²) in [5.41, 5.74) is 0.101. The van der Waals surface area contributed by atoms with Crippen molar-refractivity contribution in [3.63, 3.8) is 0 Å². The van der Waals surface area contributed by atoms with E-state index in [0.29, 0.717) is 19.4 Å². The predicted molar refractivity (Wildman–Crippen MR) is 75.7 cm³/mol. The van der Waals surface area contributed by atoms with Gasteiger partial charge in [0.05, 0.1) is 0 Å². The summed E-state index contributed by atoms with van der Waals surface area (Å²) in [7, 11) is 0. The van der Waals surface area contributed by atoms with Crippen LogP contribution in [0.5, 0.6) is 0 Å². The number of rotatable bonds is 6. The lowest BCUT2D eigenvalue weighted by Crippen LogP contribution is -2.35. The molecule has 2 rings (SSSR count). The Kier molecular flexibility index (Phi) is 4.61. The number of hydrogen-bond donors (Lipinski definition) is 2. The molecule has 1 fully saturated rings. The van der Waals surface area contributed by atoms with Crippen LogP contribution in [-0.2, 0) is 4.79 Å². The first-order chi connectivity index (χ1) is 9.84. The number of amides is 1. The van der Waals surface area contributed by atoms with Gasteiger partial charge in [-0.05, 0) is 47.9 Å². The predicted octanol–water partition coefficient (Wildman–Crippen LogP) is 2.59. The van der Waals surface area contributed by atoms with E-state index in [0.717, 1.165) is 12.1 Å². The Balaban J connectivity index is 1.91. The third-order valence-electron chi connectivity index (χ3n) is 4.01. The second-order valence-electron chi connectivity index (χ2n) is 6.47. The Labute approximate surface area is 123 Å². The molecule has 0 radical (unpaired) electrons. The Hall–Kier alpha value is -1.49. The molecule has 0 heterocycles. The van der Waals surface area contributed by atoms with Gasteiger partial charge in [-0.3, -0.25) is 4.79 Å². The molecule has 3 nitrogen and oxygen atoms in total. The zero-order chi connectivity index (χ0) is 15.6. The van der Waals surface area contributed by atoms with Gasteiger partial charge < -0.3 is 10.4 Å². The highest BCUT2D eigenvalue weighted by molar-refractivity contribution is 5.82. The van der Waals surface area contributed by atoms with Gasteiger partial charge in [-0.2, -0.15) is 0 Å². The zero-order valence-corrected chi connectivity index (χ0v) is 12.3. The van der Waals surface area contributed by atoms with Crippen molar-refractivity contribution in [1.29, 1.82) is 0 Å². The van der Waals surface area contributed by atoms with Crippen LogP contribution in [0.2, 0.25) is 0 Å². The van der Waals surface area contributed by atoms with E-state index in [2.05, 4.69) is 5.32 Å². The van der Waals surface area contributed by atoms with E-state index in [-0.39, 0.29) is 35.3 Å². The van der Waals surface area contributed by atoms with Gasteiger partial charge in [0.2, 0.25) is 5.91 Å². The number of aliphatic hydroxyl groups is 1. The van der Waals surface area contributed by atoms with Gasteiger partial charge in [-0.1, -0.05) is 13.8 Å². The largest absolute Gasteiger partial charge is 0.396 e. The van der Waals surface area contributed by atoms with Crippen LogP contribution >= 0.6 is 0 Å². The highest BCUT2D eigenvalue weighted by Gasteiger charge is 2.45. The Bertz CT molecular complexity index is 531. The summed E-state index contributed by atoms with van der Waals surface area (Å²) < 4.78 is 26.8. The molecule has 21 heavy (non-hydrogen) atoms. The van der Waals surface area contributed by atoms with Gasteiger partial charge in [0.15, 0.2) is 0 Å². The minimum absolute atomic E-state index is 0.0728. The quantitative estimate of drug-likeness (QED) is 0.848. The number of aliphatic hydroxyl groups excluding tert-OH is 1. The fraction of sp³-hybridized carbons (Fsp3) is 0.562. The van der Waals surface area contributed by atoms with Gasteiger partial charge in [0.1, 0.15) is 11.6 Å². The Morgan fingerprint density at radius 2 is 2.14 bits per heavy atom. The summed E-state index contributed by atoms with van der Waals surface area (Å²) in [4.78, 5) is 12.0. The summed E-state index contributed by atoms with van der Waals surface area (Å²) >= 11 is 0. The highest BCUT2D eigenvalue weighted by Crippen LogP contribution is 2.48. The molecular formula is C16H21F2NO2. The van der Waals surface area contributed by atoms with Crippen molar-refractivity contribution >= 4 is 5.91 Å². The van der Waals surface area contributed by atoms with Crippen molar-refractivity contribution in [1.82, 2.24) is 5.32 Å². The molecule has 1 aliphatic rings. The fourth-order valence-electron chi connectivity index (χ4n) is 2.48. The second kappa shape index (κ2) is 6.10. The molecule has 0 bridgehead atoms. The van der Waals surface area contributed by atoms with Crippen LogP contribution in [0, 0.1) is 23.0 Å². The molecule has 116 valence electrons. The van der Waals surface area contributed by atoms with Crippen LogP contribution in [0.3, 0.4) is 0 Å². The highest BCUT2D eigenvalue weighted by atomic mass is 19.1. The molecular weight excluding hydrogens is 276 g/mol. The van der Waals surface area contributed by atoms with Crippen LogP contribution in [-0.4, -0.2) is 24.2 Å². The minimum atomic E-state index is -0.485. The van der Waals surface area contributed by atoms with Gasteiger partial charge in [-0.25, -0.2) is 8.78 Å². The molecule has 1 aromatic rings. The number of nitrogens with one attached hydrogen (secondary N) is 1. The average molecular weight is 297 g/mol. The molecule has 2 atom stereocenters. The van der Waals surface area contributed by atoms with E-state index in [4.69, 9.17) is 5.11 Å². The molecule has 2 unspecified atom stereocenters. The minimum Gasteiger partial charge on any atom is -0.396 e. The van der Waals surface area contributed by atoms with Crippen LogP contribution in [0.1, 0.15) is 38.2 Å². The molecule has 2 N–H and O–H groups in total. The molecule has 1 amide bonds. The van der Waals surface area contributed by atoms with E-state index in [1.54, 1.807) is 0 Å². The van der Waals surface area contributed by atoms with Crippen LogP contribution in [0.25, 0.3) is 0 Å². The fourth-order valence-corrected chi connectivity index (χ4v) is 2.48.